The van der Waals surface area contributed by atoms with Gasteiger partial charge in [-0.05, 0) is 35.9 Å². The summed E-state index contributed by atoms with van der Waals surface area (Å²) < 4.78 is 5.44. The zero-order valence-electron chi connectivity index (χ0n) is 11.3. The maximum atomic E-state index is 5.44. The summed E-state index contributed by atoms with van der Waals surface area (Å²) in [6.07, 6.45) is 7.11. The molecule has 0 atom stereocenters. The summed E-state index contributed by atoms with van der Waals surface area (Å²) in [5, 5.41) is 3.35. The van der Waals surface area contributed by atoms with Crippen molar-refractivity contribution in [2.45, 2.75) is 6.54 Å². The predicted molar refractivity (Wildman–Crippen MR) is 83.8 cm³/mol. The van der Waals surface area contributed by atoms with Crippen molar-refractivity contribution in [2.24, 2.45) is 0 Å². The highest BCUT2D eigenvalue weighted by atomic mass is 16.5. The zero-order chi connectivity index (χ0) is 14.2. The van der Waals surface area contributed by atoms with E-state index in [-0.39, 0.29) is 0 Å². The maximum absolute atomic E-state index is 5.44. The average Bonchev–Trinajstić information content (AvgIpc) is 2.52. The average molecular weight is 263 g/mol. The summed E-state index contributed by atoms with van der Waals surface area (Å²) in [4.78, 5) is 0. The smallest absolute Gasteiger partial charge is 0.119 e. The molecule has 100 valence electrons. The molecule has 2 nitrogen and oxygen atoms in total. The standard InChI is InChI=1S/C18H17NO/c1-3-12-20-18-10-8-16(9-11-18)14-19-17-7-5-6-15(4-2)13-17/h2-3,5-11,13,19H,1,12,14H2. The van der Waals surface area contributed by atoms with Crippen molar-refractivity contribution in [3.63, 3.8) is 0 Å². The summed E-state index contributed by atoms with van der Waals surface area (Å²) in [7, 11) is 0. The van der Waals surface area contributed by atoms with Crippen LogP contribution in [0.2, 0.25) is 0 Å². The van der Waals surface area contributed by atoms with Crippen LogP contribution in [0.4, 0.5) is 5.69 Å². The predicted octanol–water partition coefficient (Wildman–Crippen LogP) is 3.84. The molecule has 0 heterocycles. The molecule has 20 heavy (non-hydrogen) atoms. The number of hydrogen-bond acceptors (Lipinski definition) is 2. The van der Waals surface area contributed by atoms with Crippen molar-refractivity contribution in [1.29, 1.82) is 0 Å². The molecule has 1 N–H and O–H groups in total. The van der Waals surface area contributed by atoms with Gasteiger partial charge in [0.1, 0.15) is 12.4 Å². The van der Waals surface area contributed by atoms with E-state index in [0.717, 1.165) is 23.5 Å². The van der Waals surface area contributed by atoms with E-state index in [4.69, 9.17) is 11.2 Å². The lowest BCUT2D eigenvalue weighted by molar-refractivity contribution is 0.363. The van der Waals surface area contributed by atoms with Gasteiger partial charge in [0.05, 0.1) is 0 Å². The van der Waals surface area contributed by atoms with Gasteiger partial charge in [-0.25, -0.2) is 0 Å². The number of ether oxygens (including phenoxy) is 1. The lowest BCUT2D eigenvalue weighted by Crippen LogP contribution is -2.00. The highest BCUT2D eigenvalue weighted by Gasteiger charge is 1.97. The van der Waals surface area contributed by atoms with Crippen LogP contribution in [0.3, 0.4) is 0 Å². The quantitative estimate of drug-likeness (QED) is 0.631. The SMILES string of the molecule is C#Cc1cccc(NCc2ccc(OCC=C)cc2)c1. The number of nitrogens with one attached hydrogen (secondary N) is 1. The summed E-state index contributed by atoms with van der Waals surface area (Å²) in [5.41, 5.74) is 3.08. The van der Waals surface area contributed by atoms with Gasteiger partial charge in [-0.3, -0.25) is 0 Å². The van der Waals surface area contributed by atoms with Crippen LogP contribution in [-0.4, -0.2) is 6.61 Å². The topological polar surface area (TPSA) is 21.3 Å². The Balaban J connectivity index is 1.93. The third-order valence-corrected chi connectivity index (χ3v) is 2.82. The molecule has 0 aliphatic rings. The second-order valence-corrected chi connectivity index (χ2v) is 4.32. The van der Waals surface area contributed by atoms with Crippen LogP contribution in [0.15, 0.2) is 61.2 Å². The molecule has 0 saturated carbocycles. The largest absolute Gasteiger partial charge is 0.490 e. The van der Waals surface area contributed by atoms with E-state index in [1.54, 1.807) is 6.08 Å². The van der Waals surface area contributed by atoms with E-state index in [2.05, 4.69) is 17.8 Å². The van der Waals surface area contributed by atoms with E-state index in [9.17, 15) is 0 Å². The summed E-state index contributed by atoms with van der Waals surface area (Å²) >= 11 is 0. The van der Waals surface area contributed by atoms with E-state index in [0.29, 0.717) is 6.61 Å². The van der Waals surface area contributed by atoms with Crippen LogP contribution in [0, 0.1) is 12.3 Å². The Kier molecular flexibility index (Phi) is 4.86. The molecule has 2 heteroatoms. The van der Waals surface area contributed by atoms with E-state index in [1.807, 2.05) is 48.5 Å². The van der Waals surface area contributed by atoms with Crippen LogP contribution >= 0.6 is 0 Å². The van der Waals surface area contributed by atoms with E-state index in [1.165, 1.54) is 5.56 Å². The first-order chi connectivity index (χ1) is 9.81. The third-order valence-electron chi connectivity index (χ3n) is 2.82. The van der Waals surface area contributed by atoms with Crippen LogP contribution < -0.4 is 10.1 Å². The molecular formula is C18H17NO. The monoisotopic (exact) mass is 263 g/mol. The van der Waals surface area contributed by atoms with Crippen molar-refractivity contribution >= 4 is 5.69 Å². The molecule has 0 fully saturated rings. The van der Waals surface area contributed by atoms with Gasteiger partial charge in [0.15, 0.2) is 0 Å². The molecule has 0 aromatic heterocycles. The molecule has 0 bridgehead atoms. The first kappa shape index (κ1) is 13.8. The van der Waals surface area contributed by atoms with E-state index >= 15 is 0 Å². The lowest BCUT2D eigenvalue weighted by atomic mass is 10.2. The summed E-state index contributed by atoms with van der Waals surface area (Å²) in [6.45, 7) is 4.89. The first-order valence-corrected chi connectivity index (χ1v) is 6.45. The Morgan fingerprint density at radius 2 is 2.00 bits per heavy atom. The molecule has 0 aliphatic heterocycles. The Hall–Kier alpha value is -2.66. The van der Waals surface area contributed by atoms with Crippen LogP contribution in [0.25, 0.3) is 0 Å². The Morgan fingerprint density at radius 3 is 2.70 bits per heavy atom. The molecule has 2 aromatic rings. The molecule has 2 rings (SSSR count). The van der Waals surface area contributed by atoms with Gasteiger partial charge in [0, 0.05) is 17.8 Å². The second-order valence-electron chi connectivity index (χ2n) is 4.32. The van der Waals surface area contributed by atoms with Crippen molar-refractivity contribution in [3.8, 4) is 18.1 Å². The third kappa shape index (κ3) is 3.93. The van der Waals surface area contributed by atoms with E-state index < -0.39 is 0 Å². The Labute approximate surface area is 120 Å². The highest BCUT2D eigenvalue weighted by Crippen LogP contribution is 2.15. The fraction of sp³-hybridized carbons (Fsp3) is 0.111. The van der Waals surface area contributed by atoms with Crippen LogP contribution in [0.5, 0.6) is 5.75 Å². The minimum atomic E-state index is 0.524. The van der Waals surface area contributed by atoms with Crippen molar-refractivity contribution in [3.05, 3.63) is 72.3 Å². The van der Waals surface area contributed by atoms with Crippen molar-refractivity contribution in [2.75, 3.05) is 11.9 Å². The molecule has 0 amide bonds. The van der Waals surface area contributed by atoms with Gasteiger partial charge in [-0.1, -0.05) is 36.8 Å². The molecular weight excluding hydrogens is 246 g/mol. The Morgan fingerprint density at radius 1 is 1.20 bits per heavy atom. The van der Waals surface area contributed by atoms with Gasteiger partial charge in [0.25, 0.3) is 0 Å². The number of rotatable bonds is 6. The number of anilines is 1. The molecule has 0 aliphatic carbocycles. The highest BCUT2D eigenvalue weighted by molar-refractivity contribution is 5.50. The molecule has 0 spiro atoms. The Bertz CT molecular complexity index is 608. The molecule has 0 saturated heterocycles. The van der Waals surface area contributed by atoms with Crippen molar-refractivity contribution < 1.29 is 4.74 Å². The van der Waals surface area contributed by atoms with Gasteiger partial charge in [0.2, 0.25) is 0 Å². The number of hydrogen-bond donors (Lipinski definition) is 1. The summed E-state index contributed by atoms with van der Waals surface area (Å²) in [6, 6.07) is 15.8. The number of terminal acetylenes is 1. The van der Waals surface area contributed by atoms with Crippen LogP contribution in [0.1, 0.15) is 11.1 Å². The van der Waals surface area contributed by atoms with Gasteiger partial charge < -0.3 is 10.1 Å². The molecule has 2 aromatic carbocycles. The fourth-order valence-electron chi connectivity index (χ4n) is 1.78. The lowest BCUT2D eigenvalue weighted by Gasteiger charge is -2.08. The minimum absolute atomic E-state index is 0.524. The van der Waals surface area contributed by atoms with Gasteiger partial charge in [-0.15, -0.1) is 6.42 Å². The molecule has 0 radical (unpaired) electrons. The van der Waals surface area contributed by atoms with Crippen molar-refractivity contribution in [1.82, 2.24) is 0 Å². The zero-order valence-corrected chi connectivity index (χ0v) is 11.3. The van der Waals surface area contributed by atoms with Gasteiger partial charge >= 0.3 is 0 Å². The normalized spacial score (nSPS) is 9.55. The van der Waals surface area contributed by atoms with Gasteiger partial charge in [-0.2, -0.15) is 0 Å². The van der Waals surface area contributed by atoms with Crippen LogP contribution in [-0.2, 0) is 6.54 Å². The summed E-state index contributed by atoms with van der Waals surface area (Å²) in [5.74, 6) is 3.48. The second kappa shape index (κ2) is 7.06. The number of benzene rings is 2. The minimum Gasteiger partial charge on any atom is -0.490 e. The fourth-order valence-corrected chi connectivity index (χ4v) is 1.78. The maximum Gasteiger partial charge on any atom is 0.119 e. The molecule has 0 unspecified atom stereocenters. The first-order valence-electron chi connectivity index (χ1n) is 6.45.